The van der Waals surface area contributed by atoms with E-state index in [1.54, 1.807) is 6.07 Å². The standard InChI is InChI=1S/C12H12BrFN2O2S/c1-6(17)19-8-4-11(18)16(5-8)10-3-7(13)2-9(14)12(10)15/h2-3,8H,4-5,15H2,1H3. The van der Waals surface area contributed by atoms with Crippen LogP contribution < -0.4 is 10.6 Å². The van der Waals surface area contributed by atoms with Gasteiger partial charge in [-0.25, -0.2) is 4.39 Å². The Morgan fingerprint density at radius 1 is 1.58 bits per heavy atom. The fourth-order valence-corrected chi connectivity index (χ4v) is 3.35. The molecule has 19 heavy (non-hydrogen) atoms. The molecule has 1 atom stereocenters. The molecule has 1 aliphatic rings. The largest absolute Gasteiger partial charge is 0.395 e. The van der Waals surface area contributed by atoms with E-state index >= 15 is 0 Å². The van der Waals surface area contributed by atoms with Gasteiger partial charge < -0.3 is 10.6 Å². The zero-order chi connectivity index (χ0) is 14.2. The average molecular weight is 347 g/mol. The molecule has 0 spiro atoms. The van der Waals surface area contributed by atoms with Crippen LogP contribution in [0.4, 0.5) is 15.8 Å². The number of nitrogens with zero attached hydrogens (tertiary/aromatic N) is 1. The minimum Gasteiger partial charge on any atom is -0.395 e. The topological polar surface area (TPSA) is 63.4 Å². The molecule has 1 aromatic rings. The van der Waals surface area contributed by atoms with Crippen LogP contribution in [-0.4, -0.2) is 22.8 Å². The number of nitrogen functional groups attached to an aromatic ring is 1. The van der Waals surface area contributed by atoms with Gasteiger partial charge in [-0.3, -0.25) is 9.59 Å². The van der Waals surface area contributed by atoms with E-state index in [0.717, 1.165) is 11.8 Å². The Morgan fingerprint density at radius 2 is 2.26 bits per heavy atom. The molecule has 0 aliphatic carbocycles. The first-order chi connectivity index (χ1) is 8.88. The fourth-order valence-electron chi connectivity index (χ4n) is 2.02. The monoisotopic (exact) mass is 346 g/mol. The highest BCUT2D eigenvalue weighted by molar-refractivity contribution is 9.10. The van der Waals surface area contributed by atoms with Crippen molar-refractivity contribution in [2.24, 2.45) is 0 Å². The van der Waals surface area contributed by atoms with Gasteiger partial charge in [-0.1, -0.05) is 27.7 Å². The van der Waals surface area contributed by atoms with Gasteiger partial charge in [0.05, 0.1) is 11.4 Å². The van der Waals surface area contributed by atoms with Gasteiger partial charge in [0.25, 0.3) is 0 Å². The number of hydrogen-bond donors (Lipinski definition) is 1. The Kier molecular flexibility index (Phi) is 4.15. The molecule has 1 heterocycles. The summed E-state index contributed by atoms with van der Waals surface area (Å²) in [5.74, 6) is -0.720. The number of amides is 1. The first kappa shape index (κ1) is 14.3. The lowest BCUT2D eigenvalue weighted by molar-refractivity contribution is -0.117. The van der Waals surface area contributed by atoms with Crippen molar-refractivity contribution in [3.05, 3.63) is 22.4 Å². The second-order valence-electron chi connectivity index (χ2n) is 4.26. The number of carbonyl (C=O) groups excluding carboxylic acids is 2. The van der Waals surface area contributed by atoms with Crippen LogP contribution >= 0.6 is 27.7 Å². The van der Waals surface area contributed by atoms with Crippen molar-refractivity contribution in [2.75, 3.05) is 17.2 Å². The molecule has 1 aromatic carbocycles. The predicted molar refractivity (Wildman–Crippen MR) is 77.5 cm³/mol. The van der Waals surface area contributed by atoms with Gasteiger partial charge >= 0.3 is 0 Å². The number of carbonyl (C=O) groups is 2. The van der Waals surface area contributed by atoms with Crippen LogP contribution in [0.1, 0.15) is 13.3 Å². The van der Waals surface area contributed by atoms with Crippen molar-refractivity contribution < 1.29 is 14.0 Å². The van der Waals surface area contributed by atoms with E-state index in [-0.39, 0.29) is 28.4 Å². The third-order valence-electron chi connectivity index (χ3n) is 2.79. The molecule has 1 unspecified atom stereocenters. The van der Waals surface area contributed by atoms with Crippen molar-refractivity contribution in [1.82, 2.24) is 0 Å². The predicted octanol–water partition coefficient (Wildman–Crippen LogP) is 2.56. The van der Waals surface area contributed by atoms with Crippen LogP contribution in [0.15, 0.2) is 16.6 Å². The van der Waals surface area contributed by atoms with E-state index < -0.39 is 5.82 Å². The molecule has 7 heteroatoms. The molecule has 0 saturated carbocycles. The molecule has 0 radical (unpaired) electrons. The summed E-state index contributed by atoms with van der Waals surface area (Å²) in [7, 11) is 0. The molecule has 1 amide bonds. The number of halogens is 2. The Balaban J connectivity index is 2.28. The molecule has 1 saturated heterocycles. The number of thioether (sulfide) groups is 1. The third kappa shape index (κ3) is 3.09. The molecule has 1 fully saturated rings. The molecule has 0 bridgehead atoms. The van der Waals surface area contributed by atoms with Crippen molar-refractivity contribution in [3.8, 4) is 0 Å². The smallest absolute Gasteiger partial charge is 0.228 e. The van der Waals surface area contributed by atoms with Gasteiger partial charge in [0, 0.05) is 29.6 Å². The van der Waals surface area contributed by atoms with Crippen LogP contribution in [0, 0.1) is 5.82 Å². The first-order valence-corrected chi connectivity index (χ1v) is 7.28. The highest BCUT2D eigenvalue weighted by Crippen LogP contribution is 2.35. The van der Waals surface area contributed by atoms with Crippen molar-refractivity contribution in [2.45, 2.75) is 18.6 Å². The van der Waals surface area contributed by atoms with Crippen LogP contribution in [0.5, 0.6) is 0 Å². The van der Waals surface area contributed by atoms with Crippen LogP contribution in [0.25, 0.3) is 0 Å². The summed E-state index contributed by atoms with van der Waals surface area (Å²) in [6.45, 7) is 1.83. The summed E-state index contributed by atoms with van der Waals surface area (Å²) in [5, 5.41) is -0.139. The molecule has 2 rings (SSSR count). The Labute approximate surface area is 122 Å². The molecule has 1 aliphatic heterocycles. The second kappa shape index (κ2) is 5.50. The van der Waals surface area contributed by atoms with Gasteiger partial charge in [0.2, 0.25) is 5.91 Å². The van der Waals surface area contributed by atoms with Crippen LogP contribution in [0.2, 0.25) is 0 Å². The van der Waals surface area contributed by atoms with Gasteiger partial charge in [0.15, 0.2) is 5.12 Å². The van der Waals surface area contributed by atoms with Gasteiger partial charge in [-0.05, 0) is 12.1 Å². The van der Waals surface area contributed by atoms with Gasteiger partial charge in [0.1, 0.15) is 5.82 Å². The second-order valence-corrected chi connectivity index (χ2v) is 6.65. The fraction of sp³-hybridized carbons (Fsp3) is 0.333. The minimum atomic E-state index is -0.570. The zero-order valence-corrected chi connectivity index (χ0v) is 12.6. The molecule has 102 valence electrons. The van der Waals surface area contributed by atoms with E-state index in [0.29, 0.717) is 16.7 Å². The van der Waals surface area contributed by atoms with Gasteiger partial charge in [-0.2, -0.15) is 0 Å². The van der Waals surface area contributed by atoms with Gasteiger partial charge in [-0.15, -0.1) is 0 Å². The number of nitrogens with two attached hydrogens (primary N) is 1. The molecular weight excluding hydrogens is 335 g/mol. The Morgan fingerprint density at radius 3 is 2.89 bits per heavy atom. The maximum atomic E-state index is 13.6. The quantitative estimate of drug-likeness (QED) is 0.836. The zero-order valence-electron chi connectivity index (χ0n) is 10.2. The van der Waals surface area contributed by atoms with E-state index in [1.807, 2.05) is 0 Å². The number of hydrogen-bond acceptors (Lipinski definition) is 4. The summed E-state index contributed by atoms with van der Waals surface area (Å²) in [4.78, 5) is 24.4. The number of anilines is 2. The Bertz CT molecular complexity index is 553. The van der Waals surface area contributed by atoms with E-state index in [4.69, 9.17) is 5.73 Å². The number of rotatable bonds is 2. The summed E-state index contributed by atoms with van der Waals surface area (Å²) in [5.41, 5.74) is 5.98. The lowest BCUT2D eigenvalue weighted by Crippen LogP contribution is -2.26. The highest BCUT2D eigenvalue weighted by Gasteiger charge is 2.33. The van der Waals surface area contributed by atoms with Crippen molar-refractivity contribution in [3.63, 3.8) is 0 Å². The SMILES string of the molecule is CC(=O)SC1CC(=O)N(c2cc(Br)cc(F)c2N)C1. The molecule has 0 aromatic heterocycles. The minimum absolute atomic E-state index is 0.0342. The van der Waals surface area contributed by atoms with Crippen molar-refractivity contribution in [1.29, 1.82) is 0 Å². The maximum Gasteiger partial charge on any atom is 0.228 e. The first-order valence-electron chi connectivity index (χ1n) is 5.60. The summed E-state index contributed by atoms with van der Waals surface area (Å²) in [6, 6.07) is 2.86. The van der Waals surface area contributed by atoms with E-state index in [1.165, 1.54) is 17.9 Å². The highest BCUT2D eigenvalue weighted by atomic mass is 79.9. The normalized spacial score (nSPS) is 19.0. The average Bonchev–Trinajstić information content (AvgIpc) is 2.63. The summed E-state index contributed by atoms with van der Waals surface area (Å²) >= 11 is 4.31. The van der Waals surface area contributed by atoms with E-state index in [2.05, 4.69) is 15.9 Å². The lowest BCUT2D eigenvalue weighted by Gasteiger charge is -2.19. The maximum absolute atomic E-state index is 13.6. The molecule has 4 nitrogen and oxygen atoms in total. The Hall–Kier alpha value is -1.08. The lowest BCUT2D eigenvalue weighted by atomic mass is 10.2. The third-order valence-corrected chi connectivity index (χ3v) is 4.22. The van der Waals surface area contributed by atoms with E-state index in [9.17, 15) is 14.0 Å². The molecular formula is C12H12BrFN2O2S. The van der Waals surface area contributed by atoms with Crippen molar-refractivity contribution >= 4 is 50.1 Å². The summed E-state index contributed by atoms with van der Waals surface area (Å²) in [6.07, 6.45) is 0.262. The van der Waals surface area contributed by atoms with Crippen LogP contribution in [0.3, 0.4) is 0 Å². The molecule has 2 N–H and O–H groups in total. The van der Waals surface area contributed by atoms with Crippen LogP contribution in [-0.2, 0) is 9.59 Å². The number of benzene rings is 1. The summed E-state index contributed by atoms with van der Waals surface area (Å²) < 4.78 is 14.1.